The third-order valence-corrected chi connectivity index (χ3v) is 3.95. The van der Waals surface area contributed by atoms with E-state index in [0.717, 1.165) is 12.2 Å². The summed E-state index contributed by atoms with van der Waals surface area (Å²) in [6, 6.07) is 11.7. The van der Waals surface area contributed by atoms with Gasteiger partial charge in [-0.05, 0) is 35.6 Å². The summed E-state index contributed by atoms with van der Waals surface area (Å²) in [4.78, 5) is 4.36. The summed E-state index contributed by atoms with van der Waals surface area (Å²) in [5, 5.41) is 0. The first-order valence-corrected chi connectivity index (χ1v) is 7.37. The van der Waals surface area contributed by atoms with Gasteiger partial charge in [0.2, 0.25) is 0 Å². The van der Waals surface area contributed by atoms with Crippen LogP contribution in [-0.2, 0) is 5.41 Å². The van der Waals surface area contributed by atoms with Gasteiger partial charge >= 0.3 is 0 Å². The highest BCUT2D eigenvalue weighted by molar-refractivity contribution is 7.80. The first kappa shape index (κ1) is 15.4. The molecule has 110 valence electrons. The molecule has 0 unspecified atom stereocenters. The molecule has 0 saturated carbocycles. The minimum atomic E-state index is 0.175. The first-order valence-electron chi connectivity index (χ1n) is 6.96. The molecule has 2 aromatic rings. The van der Waals surface area contributed by atoms with Gasteiger partial charge in [0.15, 0.2) is 0 Å². The first-order chi connectivity index (χ1) is 9.92. The molecule has 0 aliphatic heterocycles. The maximum Gasteiger partial charge on any atom is 0.131 e. The van der Waals surface area contributed by atoms with Crippen LogP contribution in [0.25, 0.3) is 0 Å². The molecule has 21 heavy (non-hydrogen) atoms. The van der Waals surface area contributed by atoms with Crippen molar-refractivity contribution in [1.29, 1.82) is 0 Å². The topological polar surface area (TPSA) is 48.1 Å². The molecule has 0 spiro atoms. The van der Waals surface area contributed by atoms with E-state index in [1.54, 1.807) is 18.3 Å². The number of nitrogens with zero attached hydrogens (tertiary/aromatic N) is 1. The fourth-order valence-electron chi connectivity index (χ4n) is 1.92. The lowest BCUT2D eigenvalue weighted by Crippen LogP contribution is -2.14. The Labute approximate surface area is 131 Å². The second-order valence-corrected chi connectivity index (χ2v) is 6.04. The number of benzene rings is 1. The predicted octanol–water partition coefficient (Wildman–Crippen LogP) is 4.20. The summed E-state index contributed by atoms with van der Waals surface area (Å²) in [5.74, 6) is 1.46. The number of hydrogen-bond donors (Lipinski definition) is 1. The van der Waals surface area contributed by atoms with Crippen molar-refractivity contribution in [1.82, 2.24) is 4.98 Å². The molecule has 1 heterocycles. The molecule has 1 aromatic heterocycles. The lowest BCUT2D eigenvalue weighted by atomic mass is 9.82. The average molecular weight is 300 g/mol. The Morgan fingerprint density at radius 2 is 1.86 bits per heavy atom. The molecule has 0 atom stereocenters. The van der Waals surface area contributed by atoms with Crippen molar-refractivity contribution in [3.8, 4) is 11.5 Å². The van der Waals surface area contributed by atoms with Crippen LogP contribution < -0.4 is 10.5 Å². The van der Waals surface area contributed by atoms with Crippen molar-refractivity contribution < 1.29 is 4.74 Å². The highest BCUT2D eigenvalue weighted by Gasteiger charge is 2.17. The van der Waals surface area contributed by atoms with E-state index < -0.39 is 0 Å². The van der Waals surface area contributed by atoms with Crippen LogP contribution in [0.5, 0.6) is 11.5 Å². The number of rotatable bonds is 5. The van der Waals surface area contributed by atoms with Crippen molar-refractivity contribution in [3.63, 3.8) is 0 Å². The molecule has 0 radical (unpaired) electrons. The molecule has 2 rings (SSSR count). The van der Waals surface area contributed by atoms with Crippen molar-refractivity contribution in [2.75, 3.05) is 0 Å². The van der Waals surface area contributed by atoms with E-state index in [1.807, 2.05) is 12.1 Å². The zero-order chi connectivity index (χ0) is 15.5. The summed E-state index contributed by atoms with van der Waals surface area (Å²) < 4.78 is 5.82. The number of thiocarbonyl (C=S) groups is 1. The van der Waals surface area contributed by atoms with Gasteiger partial charge < -0.3 is 10.5 Å². The summed E-state index contributed by atoms with van der Waals surface area (Å²) in [6.07, 6.45) is 2.73. The van der Waals surface area contributed by atoms with Gasteiger partial charge in [-0.15, -0.1) is 0 Å². The third-order valence-electron chi connectivity index (χ3n) is 3.74. The lowest BCUT2D eigenvalue weighted by Gasteiger charge is -2.23. The van der Waals surface area contributed by atoms with Crippen LogP contribution in [0.3, 0.4) is 0 Å². The Balaban J connectivity index is 2.17. The Hall–Kier alpha value is -1.94. The van der Waals surface area contributed by atoms with E-state index in [1.165, 1.54) is 5.56 Å². The smallest absolute Gasteiger partial charge is 0.131 e. The lowest BCUT2D eigenvalue weighted by molar-refractivity contribution is 0.477. The summed E-state index contributed by atoms with van der Waals surface area (Å²) in [6.45, 7) is 6.67. The number of hydrogen-bond acceptors (Lipinski definition) is 3. The molecular weight excluding hydrogens is 280 g/mol. The van der Waals surface area contributed by atoms with Crippen LogP contribution in [-0.4, -0.2) is 9.97 Å². The molecule has 0 aliphatic carbocycles. The molecule has 2 N–H and O–H groups in total. The maximum atomic E-state index is 5.82. The van der Waals surface area contributed by atoms with Gasteiger partial charge in [-0.3, -0.25) is 4.98 Å². The van der Waals surface area contributed by atoms with Crippen molar-refractivity contribution in [2.24, 2.45) is 5.73 Å². The molecule has 0 aliphatic rings. The van der Waals surface area contributed by atoms with E-state index in [4.69, 9.17) is 22.7 Å². The van der Waals surface area contributed by atoms with Crippen molar-refractivity contribution in [3.05, 3.63) is 53.9 Å². The highest BCUT2D eigenvalue weighted by Crippen LogP contribution is 2.29. The third kappa shape index (κ3) is 3.79. The maximum absolute atomic E-state index is 5.82. The Morgan fingerprint density at radius 3 is 2.43 bits per heavy atom. The van der Waals surface area contributed by atoms with Gasteiger partial charge in [0.05, 0.1) is 0 Å². The fourth-order valence-corrected chi connectivity index (χ4v) is 2.04. The van der Waals surface area contributed by atoms with E-state index in [9.17, 15) is 0 Å². The van der Waals surface area contributed by atoms with E-state index in [2.05, 4.69) is 37.9 Å². The SMILES string of the molecule is CCC(C)(C)c1ccc(Oc2ccnc(C(N)=S)c2)cc1. The van der Waals surface area contributed by atoms with Crippen LogP contribution in [0, 0.1) is 0 Å². The van der Waals surface area contributed by atoms with Crippen LogP contribution in [0.1, 0.15) is 38.4 Å². The normalized spacial score (nSPS) is 11.2. The number of pyridine rings is 1. The standard InChI is InChI=1S/C17H20N2OS/c1-4-17(2,3)12-5-7-13(8-6-12)20-14-9-10-19-15(11-14)16(18)21/h5-11H,4H2,1-3H3,(H2,18,21). The van der Waals surface area contributed by atoms with Gasteiger partial charge in [-0.2, -0.15) is 0 Å². The molecule has 0 saturated heterocycles. The molecule has 4 heteroatoms. The van der Waals surface area contributed by atoms with Gasteiger partial charge in [0.1, 0.15) is 22.2 Å². The predicted molar refractivity (Wildman–Crippen MR) is 90.0 cm³/mol. The quantitative estimate of drug-likeness (QED) is 0.841. The fraction of sp³-hybridized carbons (Fsp3) is 0.294. The molecule has 1 aromatic carbocycles. The zero-order valence-electron chi connectivity index (χ0n) is 12.6. The summed E-state index contributed by atoms with van der Waals surface area (Å²) >= 11 is 4.92. The summed E-state index contributed by atoms with van der Waals surface area (Å²) in [5.41, 5.74) is 7.61. The number of aromatic nitrogens is 1. The van der Waals surface area contributed by atoms with E-state index in [0.29, 0.717) is 11.4 Å². The minimum absolute atomic E-state index is 0.175. The van der Waals surface area contributed by atoms with Crippen LogP contribution in [0.2, 0.25) is 0 Å². The van der Waals surface area contributed by atoms with E-state index in [-0.39, 0.29) is 10.4 Å². The van der Waals surface area contributed by atoms with Crippen molar-refractivity contribution in [2.45, 2.75) is 32.6 Å². The second kappa shape index (κ2) is 6.22. The number of nitrogens with two attached hydrogens (primary N) is 1. The van der Waals surface area contributed by atoms with E-state index >= 15 is 0 Å². The second-order valence-electron chi connectivity index (χ2n) is 5.60. The zero-order valence-corrected chi connectivity index (χ0v) is 13.4. The average Bonchev–Trinajstić information content (AvgIpc) is 2.48. The van der Waals surface area contributed by atoms with Gasteiger partial charge in [-0.1, -0.05) is 45.1 Å². The largest absolute Gasteiger partial charge is 0.457 e. The monoisotopic (exact) mass is 300 g/mol. The molecule has 0 fully saturated rings. The summed E-state index contributed by atoms with van der Waals surface area (Å²) in [7, 11) is 0. The van der Waals surface area contributed by atoms with Crippen molar-refractivity contribution >= 4 is 17.2 Å². The Bertz CT molecular complexity index is 635. The Morgan fingerprint density at radius 1 is 1.19 bits per heavy atom. The van der Waals surface area contributed by atoms with Gasteiger partial charge in [-0.25, -0.2) is 0 Å². The Kier molecular flexibility index (Phi) is 4.58. The van der Waals surface area contributed by atoms with Gasteiger partial charge in [0, 0.05) is 12.3 Å². The van der Waals surface area contributed by atoms with Crippen LogP contribution in [0.4, 0.5) is 0 Å². The molecule has 3 nitrogen and oxygen atoms in total. The van der Waals surface area contributed by atoms with Gasteiger partial charge in [0.25, 0.3) is 0 Å². The van der Waals surface area contributed by atoms with Crippen LogP contribution in [0.15, 0.2) is 42.6 Å². The molecular formula is C17H20N2OS. The molecule has 0 amide bonds. The van der Waals surface area contributed by atoms with Crippen LogP contribution >= 0.6 is 12.2 Å². The highest BCUT2D eigenvalue weighted by atomic mass is 32.1. The number of ether oxygens (including phenoxy) is 1. The minimum Gasteiger partial charge on any atom is -0.457 e. The molecule has 0 bridgehead atoms.